The monoisotopic (exact) mass is 436 g/mol. The molecular weight excluding hydrogens is 408 g/mol. The third kappa shape index (κ3) is 5.04. The summed E-state index contributed by atoms with van der Waals surface area (Å²) in [4.78, 5) is 23.8. The first-order valence-corrected chi connectivity index (χ1v) is 10.9. The van der Waals surface area contributed by atoms with Crippen molar-refractivity contribution in [2.45, 2.75) is 38.2 Å². The summed E-state index contributed by atoms with van der Waals surface area (Å²) in [6, 6.07) is 12.7. The molecular formula is C25H28N2O5. The SMILES string of the molecule is COC(=O)c1ccc(OCCc2cn(C)c3ccc(NC(=O)OC4CCCC4)cc23)cc1. The number of aromatic nitrogens is 1. The summed E-state index contributed by atoms with van der Waals surface area (Å²) in [6.45, 7) is 0.484. The molecule has 2 aromatic carbocycles. The van der Waals surface area contributed by atoms with Crippen LogP contribution in [-0.4, -0.2) is 36.5 Å². The molecule has 1 aliphatic carbocycles. The zero-order valence-electron chi connectivity index (χ0n) is 18.4. The highest BCUT2D eigenvalue weighted by Gasteiger charge is 2.19. The number of aryl methyl sites for hydroxylation is 1. The van der Waals surface area contributed by atoms with E-state index < -0.39 is 6.09 Å². The van der Waals surface area contributed by atoms with Gasteiger partial charge in [0.2, 0.25) is 0 Å². The Labute approximate surface area is 187 Å². The molecule has 4 rings (SSSR count). The highest BCUT2D eigenvalue weighted by atomic mass is 16.6. The zero-order valence-corrected chi connectivity index (χ0v) is 18.4. The third-order valence-electron chi connectivity index (χ3n) is 5.81. The lowest BCUT2D eigenvalue weighted by molar-refractivity contribution is 0.0600. The predicted octanol–water partition coefficient (Wildman–Crippen LogP) is 5.08. The fraction of sp³-hybridized carbons (Fsp3) is 0.360. The predicted molar refractivity (Wildman–Crippen MR) is 122 cm³/mol. The van der Waals surface area contributed by atoms with Crippen LogP contribution in [-0.2, 0) is 22.9 Å². The summed E-state index contributed by atoms with van der Waals surface area (Å²) in [5, 5.41) is 3.92. The molecule has 1 N–H and O–H groups in total. The van der Waals surface area contributed by atoms with Gasteiger partial charge in [0.15, 0.2) is 0 Å². The minimum atomic E-state index is -0.396. The Bertz CT molecular complexity index is 1100. The molecule has 0 atom stereocenters. The summed E-state index contributed by atoms with van der Waals surface area (Å²) in [5.41, 5.74) is 3.41. The molecule has 7 nitrogen and oxygen atoms in total. The van der Waals surface area contributed by atoms with Crippen LogP contribution in [0, 0.1) is 0 Å². The van der Waals surface area contributed by atoms with Gasteiger partial charge in [-0.1, -0.05) is 0 Å². The number of benzene rings is 2. The largest absolute Gasteiger partial charge is 0.493 e. The maximum absolute atomic E-state index is 12.2. The van der Waals surface area contributed by atoms with Crippen LogP contribution in [0.4, 0.5) is 10.5 Å². The number of hydrogen-bond donors (Lipinski definition) is 1. The van der Waals surface area contributed by atoms with Gasteiger partial charge in [-0.15, -0.1) is 0 Å². The fourth-order valence-electron chi connectivity index (χ4n) is 4.14. The minimum Gasteiger partial charge on any atom is -0.493 e. The first kappa shape index (κ1) is 21.7. The molecule has 0 spiro atoms. The zero-order chi connectivity index (χ0) is 22.5. The van der Waals surface area contributed by atoms with Crippen LogP contribution in [0.5, 0.6) is 5.75 Å². The summed E-state index contributed by atoms with van der Waals surface area (Å²) in [5.74, 6) is 0.318. The molecule has 1 fully saturated rings. The van der Waals surface area contributed by atoms with Gasteiger partial charge in [0.1, 0.15) is 11.9 Å². The van der Waals surface area contributed by atoms with Gasteiger partial charge in [0.25, 0.3) is 0 Å². The summed E-state index contributed by atoms with van der Waals surface area (Å²) >= 11 is 0. The van der Waals surface area contributed by atoms with E-state index in [-0.39, 0.29) is 12.1 Å². The number of methoxy groups -OCH3 is 1. The van der Waals surface area contributed by atoms with Crippen LogP contribution >= 0.6 is 0 Å². The van der Waals surface area contributed by atoms with E-state index in [0.717, 1.165) is 42.1 Å². The molecule has 168 valence electrons. The Balaban J connectivity index is 1.39. The maximum Gasteiger partial charge on any atom is 0.411 e. The Kier molecular flexibility index (Phi) is 6.63. The number of hydrogen-bond acceptors (Lipinski definition) is 5. The van der Waals surface area contributed by atoms with Gasteiger partial charge in [-0.05, 0) is 73.7 Å². The first-order valence-electron chi connectivity index (χ1n) is 10.9. The van der Waals surface area contributed by atoms with Crippen molar-refractivity contribution < 1.29 is 23.8 Å². The topological polar surface area (TPSA) is 78.8 Å². The number of esters is 1. The average molecular weight is 437 g/mol. The lowest BCUT2D eigenvalue weighted by Crippen LogP contribution is -2.20. The van der Waals surface area contributed by atoms with Gasteiger partial charge in [-0.2, -0.15) is 0 Å². The van der Waals surface area contributed by atoms with Crippen LogP contribution in [0.15, 0.2) is 48.7 Å². The molecule has 0 bridgehead atoms. The van der Waals surface area contributed by atoms with E-state index in [4.69, 9.17) is 14.2 Å². The highest BCUT2D eigenvalue weighted by Crippen LogP contribution is 2.26. The second kappa shape index (κ2) is 9.77. The molecule has 0 saturated heterocycles. The van der Waals surface area contributed by atoms with Gasteiger partial charge in [-0.3, -0.25) is 5.32 Å². The Hall–Kier alpha value is -3.48. The average Bonchev–Trinajstić information content (AvgIpc) is 3.41. The Morgan fingerprint density at radius 2 is 1.84 bits per heavy atom. The first-order chi connectivity index (χ1) is 15.5. The number of rotatable bonds is 7. The maximum atomic E-state index is 12.2. The lowest BCUT2D eigenvalue weighted by atomic mass is 10.1. The van der Waals surface area contributed by atoms with Gasteiger partial charge in [0, 0.05) is 36.3 Å². The van der Waals surface area contributed by atoms with Gasteiger partial charge >= 0.3 is 12.1 Å². The summed E-state index contributed by atoms with van der Waals surface area (Å²) in [7, 11) is 3.36. The number of nitrogens with one attached hydrogen (secondary N) is 1. The van der Waals surface area contributed by atoms with Gasteiger partial charge < -0.3 is 18.8 Å². The molecule has 7 heteroatoms. The van der Waals surface area contributed by atoms with E-state index in [1.165, 1.54) is 7.11 Å². The molecule has 0 unspecified atom stereocenters. The van der Waals surface area contributed by atoms with Crippen molar-refractivity contribution in [3.05, 3.63) is 59.8 Å². The fourth-order valence-corrected chi connectivity index (χ4v) is 4.14. The van der Waals surface area contributed by atoms with E-state index in [2.05, 4.69) is 16.1 Å². The summed E-state index contributed by atoms with van der Waals surface area (Å²) < 4.78 is 18.1. The van der Waals surface area contributed by atoms with Crippen molar-refractivity contribution in [1.82, 2.24) is 4.57 Å². The van der Waals surface area contributed by atoms with Crippen LogP contribution < -0.4 is 10.1 Å². The van der Waals surface area contributed by atoms with Crippen molar-refractivity contribution in [2.75, 3.05) is 19.0 Å². The number of nitrogens with zero attached hydrogens (tertiary/aromatic N) is 1. The Morgan fingerprint density at radius 1 is 1.09 bits per heavy atom. The second-order valence-electron chi connectivity index (χ2n) is 8.05. The molecule has 0 aliphatic heterocycles. The van der Waals surface area contributed by atoms with E-state index in [1.54, 1.807) is 24.3 Å². The van der Waals surface area contributed by atoms with Crippen LogP contribution in [0.3, 0.4) is 0 Å². The third-order valence-corrected chi connectivity index (χ3v) is 5.81. The van der Waals surface area contributed by atoms with Gasteiger partial charge in [0.05, 0.1) is 19.3 Å². The van der Waals surface area contributed by atoms with Crippen molar-refractivity contribution in [3.63, 3.8) is 0 Å². The second-order valence-corrected chi connectivity index (χ2v) is 8.05. The van der Waals surface area contributed by atoms with E-state index in [9.17, 15) is 9.59 Å². The van der Waals surface area contributed by atoms with Crippen LogP contribution in [0.25, 0.3) is 10.9 Å². The number of fused-ring (bicyclic) bond motifs is 1. The molecule has 1 saturated carbocycles. The van der Waals surface area contributed by atoms with Crippen LogP contribution in [0.2, 0.25) is 0 Å². The van der Waals surface area contributed by atoms with E-state index in [0.29, 0.717) is 30.0 Å². The van der Waals surface area contributed by atoms with E-state index >= 15 is 0 Å². The molecule has 1 aliphatic rings. The van der Waals surface area contributed by atoms with Crippen molar-refractivity contribution in [3.8, 4) is 5.75 Å². The van der Waals surface area contributed by atoms with Crippen LogP contribution in [0.1, 0.15) is 41.6 Å². The number of carbonyl (C=O) groups is 2. The molecule has 1 heterocycles. The van der Waals surface area contributed by atoms with E-state index in [1.807, 2.05) is 25.2 Å². The van der Waals surface area contributed by atoms with Crippen molar-refractivity contribution in [1.29, 1.82) is 0 Å². The smallest absolute Gasteiger partial charge is 0.411 e. The molecule has 1 amide bonds. The normalized spacial score (nSPS) is 13.8. The molecule has 32 heavy (non-hydrogen) atoms. The lowest BCUT2D eigenvalue weighted by Gasteiger charge is -2.12. The number of anilines is 1. The van der Waals surface area contributed by atoms with Crippen molar-refractivity contribution >= 4 is 28.7 Å². The standard InChI is InChI=1S/C25H28N2O5/c1-27-16-18(13-14-31-20-10-7-17(8-11-20)24(28)30-2)22-15-19(9-12-23(22)27)26-25(29)32-21-5-3-4-6-21/h7-12,15-16,21H,3-6,13-14H2,1-2H3,(H,26,29). The Morgan fingerprint density at radius 3 is 2.56 bits per heavy atom. The van der Waals surface area contributed by atoms with Gasteiger partial charge in [-0.25, -0.2) is 9.59 Å². The molecule has 0 radical (unpaired) electrons. The summed E-state index contributed by atoms with van der Waals surface area (Å²) in [6.07, 6.45) is 6.55. The molecule has 1 aromatic heterocycles. The molecule has 3 aromatic rings. The number of carbonyl (C=O) groups excluding carboxylic acids is 2. The highest BCUT2D eigenvalue weighted by molar-refractivity contribution is 5.92. The quantitative estimate of drug-likeness (QED) is 0.523. The minimum absolute atomic E-state index is 0.0323. The number of amides is 1. The van der Waals surface area contributed by atoms with Crippen molar-refractivity contribution in [2.24, 2.45) is 7.05 Å². The number of ether oxygens (including phenoxy) is 3.